The first-order valence-corrected chi connectivity index (χ1v) is 17.2. The molecule has 0 spiro atoms. The van der Waals surface area contributed by atoms with Crippen molar-refractivity contribution in [3.63, 3.8) is 0 Å². The molecule has 0 bridgehead atoms. The Kier molecular flexibility index (Phi) is 31.7. The summed E-state index contributed by atoms with van der Waals surface area (Å²) >= 11 is 0. The summed E-state index contributed by atoms with van der Waals surface area (Å²) in [4.78, 5) is 24.1. The molecule has 0 aliphatic carbocycles. The molecule has 0 aliphatic rings. The second-order valence-corrected chi connectivity index (χ2v) is 11.2. The van der Waals surface area contributed by atoms with Crippen LogP contribution in [0.4, 0.5) is 0 Å². The molecule has 5 nitrogen and oxygen atoms in total. The lowest BCUT2D eigenvalue weighted by molar-refractivity contribution is -0.161. The van der Waals surface area contributed by atoms with E-state index < -0.39 is 6.10 Å². The van der Waals surface area contributed by atoms with E-state index in [2.05, 4.69) is 62.5 Å². The number of carbonyl (C=O) groups excluding carboxylic acids is 2. The van der Waals surface area contributed by atoms with E-state index in [0.29, 0.717) is 12.8 Å². The summed E-state index contributed by atoms with van der Waals surface area (Å²) in [5.74, 6) is -0.633. The number of aliphatic hydroxyl groups excluding tert-OH is 1. The van der Waals surface area contributed by atoms with Crippen molar-refractivity contribution in [1.29, 1.82) is 0 Å². The lowest BCUT2D eigenvalue weighted by atomic mass is 10.1. The smallest absolute Gasteiger partial charge is 0.306 e. The molecule has 0 aromatic rings. The number of carbonyl (C=O) groups is 2. The Morgan fingerprint density at radius 1 is 0.548 bits per heavy atom. The molecule has 1 atom stereocenters. The molecule has 0 radical (unpaired) electrons. The molecule has 0 fully saturated rings. The van der Waals surface area contributed by atoms with Gasteiger partial charge in [-0.1, -0.05) is 120 Å². The third kappa shape index (κ3) is 30.8. The van der Waals surface area contributed by atoms with Crippen LogP contribution < -0.4 is 0 Å². The van der Waals surface area contributed by atoms with Crippen molar-refractivity contribution in [2.24, 2.45) is 0 Å². The van der Waals surface area contributed by atoms with E-state index in [1.165, 1.54) is 57.8 Å². The number of rotatable bonds is 30. The molecule has 242 valence electrons. The van der Waals surface area contributed by atoms with E-state index in [1.807, 2.05) is 0 Å². The minimum atomic E-state index is -0.784. The Hall–Kier alpha value is -2.14. The van der Waals surface area contributed by atoms with Crippen LogP contribution in [0.25, 0.3) is 0 Å². The Bertz CT molecular complexity index is 722. The van der Waals surface area contributed by atoms with Crippen molar-refractivity contribution >= 4 is 11.9 Å². The van der Waals surface area contributed by atoms with Gasteiger partial charge in [-0.2, -0.15) is 0 Å². The van der Waals surface area contributed by atoms with Gasteiger partial charge in [0.05, 0.1) is 6.61 Å². The van der Waals surface area contributed by atoms with Gasteiger partial charge < -0.3 is 14.6 Å². The van der Waals surface area contributed by atoms with Crippen molar-refractivity contribution in [2.75, 3.05) is 13.2 Å². The summed E-state index contributed by atoms with van der Waals surface area (Å²) in [6.07, 6.45) is 40.2. The zero-order valence-corrected chi connectivity index (χ0v) is 27.2. The first-order chi connectivity index (χ1) is 20.6. The van der Waals surface area contributed by atoms with Gasteiger partial charge in [-0.15, -0.1) is 0 Å². The highest BCUT2D eigenvalue weighted by atomic mass is 16.6. The molecular weight excluding hydrogens is 524 g/mol. The van der Waals surface area contributed by atoms with Crippen molar-refractivity contribution in [3.8, 4) is 0 Å². The van der Waals surface area contributed by atoms with Crippen LogP contribution in [0.1, 0.15) is 155 Å². The van der Waals surface area contributed by atoms with Gasteiger partial charge in [-0.05, 0) is 70.6 Å². The molecule has 0 rings (SSSR count). The normalized spacial score (nSPS) is 12.7. The predicted molar refractivity (Wildman–Crippen MR) is 177 cm³/mol. The van der Waals surface area contributed by atoms with E-state index in [9.17, 15) is 14.7 Å². The van der Waals surface area contributed by atoms with E-state index in [0.717, 1.165) is 70.6 Å². The highest BCUT2D eigenvalue weighted by Gasteiger charge is 2.16. The third-order valence-electron chi connectivity index (χ3n) is 7.10. The highest BCUT2D eigenvalue weighted by molar-refractivity contribution is 5.70. The van der Waals surface area contributed by atoms with Gasteiger partial charge in [0.15, 0.2) is 6.10 Å². The second kappa shape index (κ2) is 33.4. The SMILES string of the molecule is CCCCC=CCCCCCCCC(=O)OC[C@H](CO)OC(=O)CCCCCCC=CCC=CCC=CCCCCC. The second-order valence-electron chi connectivity index (χ2n) is 11.2. The number of allylic oxidation sites excluding steroid dienone is 8. The molecule has 0 amide bonds. The van der Waals surface area contributed by atoms with Crippen LogP contribution in [0, 0.1) is 0 Å². The monoisotopic (exact) mass is 588 g/mol. The Morgan fingerprint density at radius 3 is 1.52 bits per heavy atom. The number of hydrogen-bond donors (Lipinski definition) is 1. The minimum Gasteiger partial charge on any atom is -0.462 e. The number of hydrogen-bond acceptors (Lipinski definition) is 5. The van der Waals surface area contributed by atoms with Gasteiger partial charge in [-0.25, -0.2) is 0 Å². The van der Waals surface area contributed by atoms with Crippen LogP contribution in [0.5, 0.6) is 0 Å². The van der Waals surface area contributed by atoms with Gasteiger partial charge in [-0.3, -0.25) is 9.59 Å². The Balaban J connectivity index is 3.66. The number of aliphatic hydroxyl groups is 1. The highest BCUT2D eigenvalue weighted by Crippen LogP contribution is 2.11. The zero-order valence-electron chi connectivity index (χ0n) is 27.2. The summed E-state index contributed by atoms with van der Waals surface area (Å²) in [5, 5.41) is 9.50. The number of ether oxygens (including phenoxy) is 2. The van der Waals surface area contributed by atoms with Crippen LogP contribution in [0.2, 0.25) is 0 Å². The maximum absolute atomic E-state index is 12.1. The summed E-state index contributed by atoms with van der Waals surface area (Å²) in [6, 6.07) is 0. The maximum Gasteiger partial charge on any atom is 0.306 e. The van der Waals surface area contributed by atoms with Gasteiger partial charge in [0.25, 0.3) is 0 Å². The standard InChI is InChI=1S/C37H64O5/c1-3-5-7-9-11-13-15-16-17-18-19-20-22-24-26-28-30-32-37(40)42-35(33-38)34-41-36(39)31-29-27-25-23-21-14-12-10-8-6-4-2/h10-13,16-17,19-20,35,38H,3-9,14-15,18,21-34H2,1-2H3/t35-/m0/s1. The third-order valence-corrected chi connectivity index (χ3v) is 7.10. The lowest BCUT2D eigenvalue weighted by Gasteiger charge is -2.15. The fourth-order valence-electron chi connectivity index (χ4n) is 4.42. The van der Waals surface area contributed by atoms with Crippen molar-refractivity contribution in [2.45, 2.75) is 161 Å². The van der Waals surface area contributed by atoms with Crippen LogP contribution in [-0.4, -0.2) is 36.4 Å². The van der Waals surface area contributed by atoms with Crippen molar-refractivity contribution < 1.29 is 24.2 Å². The van der Waals surface area contributed by atoms with E-state index in [4.69, 9.17) is 9.47 Å². The number of unbranched alkanes of at least 4 members (excludes halogenated alkanes) is 14. The van der Waals surface area contributed by atoms with Gasteiger partial charge in [0.1, 0.15) is 6.61 Å². The molecule has 0 aromatic carbocycles. The average Bonchev–Trinajstić information content (AvgIpc) is 2.99. The topological polar surface area (TPSA) is 72.8 Å². The molecule has 0 saturated carbocycles. The summed E-state index contributed by atoms with van der Waals surface area (Å²) in [7, 11) is 0. The van der Waals surface area contributed by atoms with Crippen molar-refractivity contribution in [1.82, 2.24) is 0 Å². The van der Waals surface area contributed by atoms with E-state index in [-0.39, 0.29) is 25.2 Å². The van der Waals surface area contributed by atoms with Crippen LogP contribution in [0.3, 0.4) is 0 Å². The lowest BCUT2D eigenvalue weighted by Crippen LogP contribution is -2.28. The molecule has 42 heavy (non-hydrogen) atoms. The molecule has 0 heterocycles. The molecule has 0 aliphatic heterocycles. The van der Waals surface area contributed by atoms with E-state index in [1.54, 1.807) is 0 Å². The Labute approximate surface area is 258 Å². The first-order valence-electron chi connectivity index (χ1n) is 17.2. The first kappa shape index (κ1) is 39.9. The largest absolute Gasteiger partial charge is 0.462 e. The van der Waals surface area contributed by atoms with Crippen LogP contribution in [0.15, 0.2) is 48.6 Å². The van der Waals surface area contributed by atoms with Crippen molar-refractivity contribution in [3.05, 3.63) is 48.6 Å². The van der Waals surface area contributed by atoms with Gasteiger partial charge >= 0.3 is 11.9 Å². The summed E-state index contributed by atoms with van der Waals surface area (Å²) < 4.78 is 10.5. The summed E-state index contributed by atoms with van der Waals surface area (Å²) in [6.45, 7) is 4.02. The molecule has 0 saturated heterocycles. The Morgan fingerprint density at radius 2 is 0.976 bits per heavy atom. The number of esters is 2. The van der Waals surface area contributed by atoms with Crippen LogP contribution >= 0.6 is 0 Å². The quantitative estimate of drug-likeness (QED) is 0.0513. The molecule has 1 N–H and O–H groups in total. The maximum atomic E-state index is 12.1. The van der Waals surface area contributed by atoms with Gasteiger partial charge in [0.2, 0.25) is 0 Å². The summed E-state index contributed by atoms with van der Waals surface area (Å²) in [5.41, 5.74) is 0. The molecule has 0 unspecified atom stereocenters. The predicted octanol–water partition coefficient (Wildman–Crippen LogP) is 10.3. The zero-order chi connectivity index (χ0) is 30.8. The fraction of sp³-hybridized carbons (Fsp3) is 0.730. The average molecular weight is 589 g/mol. The molecule has 0 aromatic heterocycles. The fourth-order valence-corrected chi connectivity index (χ4v) is 4.42. The van der Waals surface area contributed by atoms with Crippen LogP contribution in [-0.2, 0) is 19.1 Å². The molecule has 5 heteroatoms. The van der Waals surface area contributed by atoms with E-state index >= 15 is 0 Å². The van der Waals surface area contributed by atoms with Gasteiger partial charge in [0, 0.05) is 12.8 Å². The molecular formula is C37H64O5. The minimum absolute atomic E-state index is 0.0806.